The Hall–Kier alpha value is -0.530. The Bertz CT molecular complexity index is 188. The van der Waals surface area contributed by atoms with Crippen LogP contribution in [0.5, 0.6) is 0 Å². The lowest BCUT2D eigenvalue weighted by molar-refractivity contribution is 0.116. The van der Waals surface area contributed by atoms with E-state index >= 15 is 0 Å². The summed E-state index contributed by atoms with van der Waals surface area (Å²) in [6, 6.07) is 0.478. The van der Waals surface area contributed by atoms with Crippen LogP contribution in [-0.4, -0.2) is 18.5 Å². The molecule has 0 spiro atoms. The van der Waals surface area contributed by atoms with Crippen molar-refractivity contribution in [3.63, 3.8) is 0 Å². The summed E-state index contributed by atoms with van der Waals surface area (Å²) in [5.41, 5.74) is 0. The first-order valence-electron chi connectivity index (χ1n) is 4.94. The van der Waals surface area contributed by atoms with Gasteiger partial charge in [-0.15, -0.1) is 0 Å². The summed E-state index contributed by atoms with van der Waals surface area (Å²) in [6.45, 7) is 4.62. The van der Waals surface area contributed by atoms with Gasteiger partial charge in [0.25, 0.3) is 0 Å². The highest BCUT2D eigenvalue weighted by Crippen LogP contribution is 2.34. The zero-order valence-corrected chi connectivity index (χ0v) is 7.86. The molecule has 0 aromatic carbocycles. The third-order valence-corrected chi connectivity index (χ3v) is 3.23. The number of fused-ring (bicyclic) bond motifs is 1. The Morgan fingerprint density at radius 3 is 3.00 bits per heavy atom. The van der Waals surface area contributed by atoms with Gasteiger partial charge in [-0.2, -0.15) is 0 Å². The third-order valence-electron chi connectivity index (χ3n) is 3.23. The highest BCUT2D eigenvalue weighted by Gasteiger charge is 2.34. The lowest BCUT2D eigenvalue weighted by Crippen LogP contribution is -2.32. The van der Waals surface area contributed by atoms with Crippen LogP contribution in [0.25, 0.3) is 0 Å². The fourth-order valence-electron chi connectivity index (χ4n) is 2.26. The summed E-state index contributed by atoms with van der Waals surface area (Å²) in [5.74, 6) is 1.67. The van der Waals surface area contributed by atoms with E-state index in [4.69, 9.17) is 4.74 Å². The normalized spacial score (nSPS) is 39.8. The second-order valence-corrected chi connectivity index (χ2v) is 4.31. The average molecular weight is 167 g/mol. The van der Waals surface area contributed by atoms with E-state index in [1.807, 2.05) is 0 Å². The van der Waals surface area contributed by atoms with Gasteiger partial charge in [-0.1, -0.05) is 13.8 Å². The van der Waals surface area contributed by atoms with Crippen LogP contribution >= 0.6 is 0 Å². The minimum atomic E-state index is 0.417. The third kappa shape index (κ3) is 1.35. The smallest absolute Gasteiger partial charge is 0.170 e. The number of rotatable bonds is 1. The molecule has 1 fully saturated rings. The Morgan fingerprint density at radius 1 is 1.42 bits per heavy atom. The Morgan fingerprint density at radius 2 is 2.25 bits per heavy atom. The lowest BCUT2D eigenvalue weighted by Gasteiger charge is -2.31. The number of hydrogen-bond donors (Lipinski definition) is 0. The Kier molecular flexibility index (Phi) is 2.07. The topological polar surface area (TPSA) is 21.6 Å². The minimum absolute atomic E-state index is 0.417. The molecule has 1 aliphatic heterocycles. The maximum atomic E-state index is 5.39. The van der Waals surface area contributed by atoms with E-state index in [2.05, 4.69) is 18.8 Å². The molecule has 2 heteroatoms. The molecule has 3 unspecified atom stereocenters. The van der Waals surface area contributed by atoms with Crippen molar-refractivity contribution in [1.82, 2.24) is 0 Å². The SMILES string of the molecule is CC(C)C1CCC2OC=NC2C1. The summed E-state index contributed by atoms with van der Waals surface area (Å²) in [4.78, 5) is 4.34. The average Bonchev–Trinajstić information content (AvgIpc) is 2.49. The molecular weight excluding hydrogens is 150 g/mol. The zero-order chi connectivity index (χ0) is 8.55. The molecule has 0 bridgehead atoms. The first-order valence-corrected chi connectivity index (χ1v) is 4.94. The van der Waals surface area contributed by atoms with Gasteiger partial charge in [0.05, 0.1) is 6.04 Å². The lowest BCUT2D eigenvalue weighted by atomic mass is 9.78. The molecule has 3 atom stereocenters. The van der Waals surface area contributed by atoms with Crippen LogP contribution in [0.1, 0.15) is 33.1 Å². The standard InChI is InChI=1S/C10H17NO/c1-7(2)8-3-4-10-9(5-8)11-6-12-10/h6-10H,3-5H2,1-2H3. The van der Waals surface area contributed by atoms with Crippen molar-refractivity contribution in [2.75, 3.05) is 0 Å². The molecule has 0 N–H and O–H groups in total. The number of hydrogen-bond acceptors (Lipinski definition) is 2. The van der Waals surface area contributed by atoms with Crippen molar-refractivity contribution in [2.45, 2.75) is 45.3 Å². The van der Waals surface area contributed by atoms with E-state index in [-0.39, 0.29) is 0 Å². The summed E-state index contributed by atoms with van der Waals surface area (Å²) in [5, 5.41) is 0. The molecular formula is C10H17NO. The molecule has 0 aromatic heterocycles. The fraction of sp³-hybridized carbons (Fsp3) is 0.900. The van der Waals surface area contributed by atoms with Gasteiger partial charge in [-0.25, -0.2) is 0 Å². The second kappa shape index (κ2) is 3.08. The van der Waals surface area contributed by atoms with Crippen molar-refractivity contribution in [2.24, 2.45) is 16.8 Å². The first-order chi connectivity index (χ1) is 5.77. The van der Waals surface area contributed by atoms with Gasteiger partial charge < -0.3 is 4.74 Å². The van der Waals surface area contributed by atoms with E-state index < -0.39 is 0 Å². The number of ether oxygens (including phenoxy) is 1. The second-order valence-electron chi connectivity index (χ2n) is 4.31. The molecule has 2 nitrogen and oxygen atoms in total. The van der Waals surface area contributed by atoms with Crippen LogP contribution in [0.4, 0.5) is 0 Å². The molecule has 2 rings (SSSR count). The van der Waals surface area contributed by atoms with E-state index in [1.165, 1.54) is 19.3 Å². The molecule has 1 aliphatic carbocycles. The van der Waals surface area contributed by atoms with E-state index in [0.29, 0.717) is 12.1 Å². The molecule has 68 valence electrons. The highest BCUT2D eigenvalue weighted by atomic mass is 16.5. The Labute approximate surface area is 74.0 Å². The predicted octanol–water partition coefficient (Wildman–Crippen LogP) is 2.24. The predicted molar refractivity (Wildman–Crippen MR) is 49.3 cm³/mol. The Balaban J connectivity index is 1.96. The molecule has 0 saturated heterocycles. The number of nitrogens with zero attached hydrogens (tertiary/aromatic N) is 1. The van der Waals surface area contributed by atoms with Gasteiger partial charge in [0.1, 0.15) is 6.10 Å². The van der Waals surface area contributed by atoms with Gasteiger partial charge in [-0.3, -0.25) is 4.99 Å². The summed E-state index contributed by atoms with van der Waals surface area (Å²) >= 11 is 0. The van der Waals surface area contributed by atoms with Gasteiger partial charge in [-0.05, 0) is 31.1 Å². The van der Waals surface area contributed by atoms with Gasteiger partial charge >= 0.3 is 0 Å². The summed E-state index contributed by atoms with van der Waals surface area (Å²) < 4.78 is 5.39. The maximum Gasteiger partial charge on any atom is 0.170 e. The molecule has 0 amide bonds. The van der Waals surface area contributed by atoms with Crippen molar-refractivity contribution < 1.29 is 4.74 Å². The largest absolute Gasteiger partial charge is 0.478 e. The van der Waals surface area contributed by atoms with E-state index in [0.717, 1.165) is 11.8 Å². The summed E-state index contributed by atoms with van der Waals surface area (Å²) in [7, 11) is 0. The molecule has 0 aromatic rings. The molecule has 2 aliphatic rings. The monoisotopic (exact) mass is 167 g/mol. The van der Waals surface area contributed by atoms with Gasteiger partial charge in [0.2, 0.25) is 0 Å². The van der Waals surface area contributed by atoms with E-state index in [9.17, 15) is 0 Å². The van der Waals surface area contributed by atoms with Crippen LogP contribution in [0, 0.1) is 11.8 Å². The van der Waals surface area contributed by atoms with Crippen LogP contribution in [0.3, 0.4) is 0 Å². The van der Waals surface area contributed by atoms with Crippen LogP contribution in [0.2, 0.25) is 0 Å². The van der Waals surface area contributed by atoms with E-state index in [1.54, 1.807) is 6.40 Å². The molecule has 0 radical (unpaired) electrons. The van der Waals surface area contributed by atoms with Crippen LogP contribution in [-0.2, 0) is 4.74 Å². The zero-order valence-electron chi connectivity index (χ0n) is 7.86. The molecule has 1 heterocycles. The van der Waals surface area contributed by atoms with Crippen molar-refractivity contribution in [3.05, 3.63) is 0 Å². The quantitative estimate of drug-likeness (QED) is 0.587. The van der Waals surface area contributed by atoms with Crippen molar-refractivity contribution in [3.8, 4) is 0 Å². The maximum absolute atomic E-state index is 5.39. The first kappa shape index (κ1) is 8.09. The number of aliphatic imine (C=N–C) groups is 1. The molecule has 1 saturated carbocycles. The highest BCUT2D eigenvalue weighted by molar-refractivity contribution is 5.50. The molecule has 12 heavy (non-hydrogen) atoms. The van der Waals surface area contributed by atoms with Crippen molar-refractivity contribution in [1.29, 1.82) is 0 Å². The van der Waals surface area contributed by atoms with Crippen LogP contribution in [0.15, 0.2) is 4.99 Å². The fourth-order valence-corrected chi connectivity index (χ4v) is 2.26. The summed E-state index contributed by atoms with van der Waals surface area (Å²) in [6.07, 6.45) is 5.83. The van der Waals surface area contributed by atoms with Gasteiger partial charge in [0, 0.05) is 0 Å². The van der Waals surface area contributed by atoms with Crippen molar-refractivity contribution >= 4 is 6.40 Å². The van der Waals surface area contributed by atoms with Crippen LogP contribution < -0.4 is 0 Å². The minimum Gasteiger partial charge on any atom is -0.478 e. The van der Waals surface area contributed by atoms with Gasteiger partial charge in [0.15, 0.2) is 6.40 Å².